The Labute approximate surface area is 378 Å². The van der Waals surface area contributed by atoms with E-state index >= 15 is 0 Å². The van der Waals surface area contributed by atoms with Crippen molar-refractivity contribution in [1.82, 2.24) is 0 Å². The van der Waals surface area contributed by atoms with Crippen molar-refractivity contribution in [2.45, 2.75) is 19.6 Å². The van der Waals surface area contributed by atoms with Gasteiger partial charge in [-0.05, 0) is 0 Å². The van der Waals surface area contributed by atoms with E-state index in [1.54, 1.807) is 0 Å². The zero-order valence-corrected chi connectivity index (χ0v) is 39.8. The number of hydrogen-bond acceptors (Lipinski definition) is 12. The second kappa shape index (κ2) is 23.4. The molecule has 2 heterocycles. The Morgan fingerprint density at radius 2 is 0.689 bits per heavy atom. The molecule has 2 aliphatic heterocycles. The predicted octanol–water partition coefficient (Wildman–Crippen LogP) is -21.1. The van der Waals surface area contributed by atoms with E-state index in [2.05, 4.69) is 0 Å². The minimum Gasteiger partial charge on any atom is -1.00 e. The molecule has 0 saturated heterocycles. The van der Waals surface area contributed by atoms with Gasteiger partial charge in [0, 0.05) is 0 Å². The van der Waals surface area contributed by atoms with Crippen LogP contribution in [-0.2, 0) is 40.5 Å². The summed E-state index contributed by atoms with van der Waals surface area (Å²) in [6, 6.07) is 1.85. The van der Waals surface area contributed by atoms with Gasteiger partial charge in [0.25, 0.3) is 0 Å². The molecule has 23 nitrogen and oxygen atoms in total. The van der Waals surface area contributed by atoms with Gasteiger partial charge in [-0.15, -0.1) is 0 Å². The summed E-state index contributed by atoms with van der Waals surface area (Å²) in [7, 11) is -20.4. The standard InChI is InChI=1S/2C6H6O8S2.5Na.7H2O.Sb.6H/c2*7-4-1-3(15(9,10)11)2-5(6(4)8)16(12,13)14;;;;;;;;;;;;;;;;;;;/h2*1-2,7-8H,(H,9,10,11)(H,12,13,14);;;;;;7*1H2;;;;;;;/q;;5*+1;;;;;;;;+4;;5*-1/p-4. The Bertz CT molecular complexity index is 1580. The van der Waals surface area contributed by atoms with Crippen LogP contribution in [0.3, 0.4) is 0 Å². The molecule has 248 valence electrons. The van der Waals surface area contributed by atoms with Crippen molar-refractivity contribution in [3.8, 4) is 23.0 Å². The van der Waals surface area contributed by atoms with Gasteiger partial charge < -0.3 is 45.5 Å². The van der Waals surface area contributed by atoms with Gasteiger partial charge in [-0.1, -0.05) is 0 Å². The van der Waals surface area contributed by atoms with E-state index in [9.17, 15) is 51.9 Å². The van der Waals surface area contributed by atoms with Gasteiger partial charge >= 0.3 is 340 Å². The summed E-state index contributed by atoms with van der Waals surface area (Å²) in [5.74, 6) is -3.02. The molecular weight excluding hydrogens is 877 g/mol. The summed E-state index contributed by atoms with van der Waals surface area (Å²) in [4.78, 5) is -4.44. The molecular formula is C12H28Na5O23S4Sb. The largest absolute Gasteiger partial charge is 1.00 e. The molecule has 0 aliphatic carbocycles. The topological polar surface area (TPSA) is 475 Å². The average Bonchev–Trinajstić information content (AvgIpc) is 3.14. The summed E-state index contributed by atoms with van der Waals surface area (Å²) in [6.07, 6.45) is 0. The Morgan fingerprint density at radius 1 is 0.444 bits per heavy atom. The number of hydrogen-bond donors (Lipinski definition) is 4. The van der Waals surface area contributed by atoms with Crippen molar-refractivity contribution in [1.29, 1.82) is 0 Å². The normalized spacial score (nSPS) is 13.1. The third-order valence-electron chi connectivity index (χ3n) is 4.06. The first kappa shape index (κ1) is 69.6. The quantitative estimate of drug-likeness (QED) is 0.163. The van der Waals surface area contributed by atoms with E-state index < -0.39 is 104 Å². The first-order chi connectivity index (χ1) is 14.8. The first-order valence-electron chi connectivity index (χ1n) is 7.82. The number of fused-ring (bicyclic) bond motifs is 2. The Kier molecular flexibility index (Phi) is 36.2. The van der Waals surface area contributed by atoms with Gasteiger partial charge in [-0.2, -0.15) is 0 Å². The van der Waals surface area contributed by atoms with Gasteiger partial charge in [0.05, 0.1) is 0 Å². The fourth-order valence-corrected chi connectivity index (χ4v) is 11.5. The average molecular weight is 905 g/mol. The van der Waals surface area contributed by atoms with Crippen LogP contribution in [0, 0.1) is 0 Å². The molecule has 0 atom stereocenters. The van der Waals surface area contributed by atoms with Crippen LogP contribution in [0.2, 0.25) is 0 Å². The van der Waals surface area contributed by atoms with Crippen LogP contribution in [0.5, 0.6) is 23.0 Å². The number of rotatable bonds is 4. The van der Waals surface area contributed by atoms with Crippen LogP contribution in [0.25, 0.3) is 0 Å². The molecule has 0 bridgehead atoms. The minimum absolute atomic E-state index is 0. The van der Waals surface area contributed by atoms with E-state index in [1.807, 2.05) is 0 Å². The van der Waals surface area contributed by atoms with Crippen molar-refractivity contribution in [2.24, 2.45) is 0 Å². The second-order valence-corrected chi connectivity index (χ2v) is 17.1. The zero-order chi connectivity index (χ0) is 24.8. The van der Waals surface area contributed by atoms with Crippen LogP contribution in [0.15, 0.2) is 43.8 Å². The van der Waals surface area contributed by atoms with E-state index in [1.165, 1.54) is 0 Å². The summed E-state index contributed by atoms with van der Waals surface area (Å²) in [5, 5.41) is 0. The molecule has 4 rings (SSSR count). The molecule has 0 saturated carbocycles. The number of benzene rings is 2. The molecule has 45 heavy (non-hydrogen) atoms. The smallest absolute Gasteiger partial charge is 1.00 e. The van der Waals surface area contributed by atoms with Crippen LogP contribution in [0.1, 0.15) is 7.13 Å². The van der Waals surface area contributed by atoms with Crippen molar-refractivity contribution in [3.05, 3.63) is 24.3 Å². The molecule has 0 aromatic heterocycles. The van der Waals surface area contributed by atoms with Crippen LogP contribution in [-0.4, -0.2) is 111 Å². The molecule has 0 unspecified atom stereocenters. The van der Waals surface area contributed by atoms with Gasteiger partial charge in [0.15, 0.2) is 0 Å². The van der Waals surface area contributed by atoms with Gasteiger partial charge in [0.2, 0.25) is 0 Å². The first-order valence-corrected chi connectivity index (χ1v) is 18.2. The minimum atomic E-state index is -5.70. The van der Waals surface area contributed by atoms with Gasteiger partial charge in [-0.3, -0.25) is 0 Å². The molecule has 1 spiro atoms. The molecule has 2 aromatic rings. The maximum atomic E-state index is 11.7. The van der Waals surface area contributed by atoms with Crippen molar-refractivity contribution in [2.75, 3.05) is 0 Å². The Balaban J connectivity index is -0.0000000635. The molecule has 2 aromatic carbocycles. The third kappa shape index (κ3) is 15.1. The van der Waals surface area contributed by atoms with Crippen LogP contribution in [0.4, 0.5) is 0 Å². The zero-order valence-electron chi connectivity index (χ0n) is 28.6. The monoisotopic (exact) mass is 904 g/mol. The Hall–Kier alpha value is 2.82. The van der Waals surface area contributed by atoms with E-state index in [4.69, 9.17) is 12.1 Å². The molecule has 33 heteroatoms. The molecule has 0 amide bonds. The van der Waals surface area contributed by atoms with E-state index in [0.29, 0.717) is 24.3 Å². The van der Waals surface area contributed by atoms with Crippen LogP contribution < -0.4 is 160 Å². The molecule has 0 fully saturated rings. The van der Waals surface area contributed by atoms with Gasteiger partial charge in [-0.25, -0.2) is 0 Å². The Morgan fingerprint density at radius 3 is 0.889 bits per heavy atom. The van der Waals surface area contributed by atoms with Crippen molar-refractivity contribution >= 4 is 61.0 Å². The van der Waals surface area contributed by atoms with Crippen LogP contribution >= 0.6 is 0 Å². The maximum absolute atomic E-state index is 11.7. The van der Waals surface area contributed by atoms with Gasteiger partial charge in [0.1, 0.15) is 0 Å². The maximum Gasteiger partial charge on any atom is 1.00 e. The van der Waals surface area contributed by atoms with Crippen molar-refractivity contribution < 1.29 is 257 Å². The third-order valence-corrected chi connectivity index (χ3v) is 12.7. The van der Waals surface area contributed by atoms with E-state index in [0.717, 1.165) is 0 Å². The summed E-state index contributed by atoms with van der Waals surface area (Å²) in [6.45, 7) is 0. The fraction of sp³-hybridized carbons (Fsp3) is 0. The predicted molar refractivity (Wildman–Crippen MR) is 133 cm³/mol. The summed E-state index contributed by atoms with van der Waals surface area (Å²) >= 11 is -5.70. The fourth-order valence-electron chi connectivity index (χ4n) is 2.78. The second-order valence-electron chi connectivity index (χ2n) is 6.31. The SMILES string of the molecule is O.O.O.O.O.O.O.O=S(=O)(O)c1cc2c(c(S(=O)(=O)O)c1)[O][SbH]1([O]2)[O]c2cc(S(=O)(=O)O)cc(S(=O)(=O)O)c2[O]1.[H-].[H-].[H-].[H-].[H-].[Na+].[Na+].[Na+].[Na+].[Na+]. The van der Waals surface area contributed by atoms with Crippen molar-refractivity contribution in [3.63, 3.8) is 0 Å². The van der Waals surface area contributed by atoms with E-state index in [-0.39, 0.29) is 193 Å². The molecule has 18 N–H and O–H groups in total. The summed E-state index contributed by atoms with van der Waals surface area (Å²) in [5.41, 5.74) is 0. The molecule has 2 aliphatic rings. The molecule has 0 radical (unpaired) electrons. The summed E-state index contributed by atoms with van der Waals surface area (Å²) < 4.78 is 151.